The zero-order valence-electron chi connectivity index (χ0n) is 16.7. The van der Waals surface area contributed by atoms with E-state index in [2.05, 4.69) is 9.88 Å². The third-order valence-electron chi connectivity index (χ3n) is 5.16. The summed E-state index contributed by atoms with van der Waals surface area (Å²) in [5, 5.41) is 0. The summed E-state index contributed by atoms with van der Waals surface area (Å²) in [5.41, 5.74) is 2.52. The number of esters is 1. The molecule has 0 spiro atoms. The van der Waals surface area contributed by atoms with Gasteiger partial charge in [0.15, 0.2) is 0 Å². The van der Waals surface area contributed by atoms with Gasteiger partial charge in [-0.3, -0.25) is 14.7 Å². The molecule has 30 heavy (non-hydrogen) atoms. The van der Waals surface area contributed by atoms with Gasteiger partial charge in [0.05, 0.1) is 25.3 Å². The number of ether oxygens (including phenoxy) is 2. The smallest absolute Gasteiger partial charge is 0.343 e. The van der Waals surface area contributed by atoms with Gasteiger partial charge in [0.1, 0.15) is 17.9 Å². The van der Waals surface area contributed by atoms with Crippen molar-refractivity contribution in [1.82, 2.24) is 14.5 Å². The largest absolute Gasteiger partial charge is 0.486 e. The molecule has 0 radical (unpaired) electrons. The Morgan fingerprint density at radius 3 is 2.87 bits per heavy atom. The van der Waals surface area contributed by atoms with Crippen molar-refractivity contribution in [2.75, 3.05) is 20.2 Å². The van der Waals surface area contributed by atoms with Gasteiger partial charge in [-0.15, -0.1) is 0 Å². The summed E-state index contributed by atoms with van der Waals surface area (Å²) in [6.07, 6.45) is 5.55. The van der Waals surface area contributed by atoms with Crippen LogP contribution in [0.5, 0.6) is 5.75 Å². The third-order valence-corrected chi connectivity index (χ3v) is 5.16. The number of carbonyl (C=O) groups excluding carboxylic acids is 1. The Labute approximate surface area is 173 Å². The standard InChI is InChI=1S/C22H23N3O5/c1-28-22(27)21-18-5-8-24(13-16-6-11-29-14-16)9-10-25(18)20(26)12-19(21)30-15-17-4-2-3-7-23-17/h2-4,6-7,11-12,14H,5,8-10,13,15H2,1H3. The van der Waals surface area contributed by atoms with E-state index in [1.54, 1.807) is 23.3 Å². The number of carbonyl (C=O) groups is 1. The second-order valence-corrected chi connectivity index (χ2v) is 7.08. The third kappa shape index (κ3) is 4.28. The fourth-order valence-corrected chi connectivity index (χ4v) is 3.66. The van der Waals surface area contributed by atoms with Gasteiger partial charge >= 0.3 is 5.97 Å². The zero-order chi connectivity index (χ0) is 20.9. The van der Waals surface area contributed by atoms with Crippen LogP contribution in [-0.4, -0.2) is 40.6 Å². The molecule has 0 fully saturated rings. The number of hydrogen-bond acceptors (Lipinski definition) is 7. The first-order valence-corrected chi connectivity index (χ1v) is 9.77. The maximum Gasteiger partial charge on any atom is 0.343 e. The molecule has 0 bridgehead atoms. The van der Waals surface area contributed by atoms with Crippen molar-refractivity contribution in [3.8, 4) is 5.75 Å². The van der Waals surface area contributed by atoms with E-state index in [1.165, 1.54) is 13.2 Å². The number of hydrogen-bond donors (Lipinski definition) is 0. The SMILES string of the molecule is COC(=O)c1c(OCc2ccccn2)cc(=O)n2c1CCN(Cc1ccoc1)CC2. The fourth-order valence-electron chi connectivity index (χ4n) is 3.66. The molecule has 0 unspecified atom stereocenters. The maximum atomic E-state index is 12.8. The van der Waals surface area contributed by atoms with Crippen molar-refractivity contribution in [1.29, 1.82) is 0 Å². The van der Waals surface area contributed by atoms with Crippen LogP contribution in [0.3, 0.4) is 0 Å². The lowest BCUT2D eigenvalue weighted by molar-refractivity contribution is 0.0592. The summed E-state index contributed by atoms with van der Waals surface area (Å²) in [7, 11) is 1.33. The van der Waals surface area contributed by atoms with E-state index in [1.807, 2.05) is 24.3 Å². The summed E-state index contributed by atoms with van der Waals surface area (Å²) in [6, 6.07) is 8.78. The van der Waals surface area contributed by atoms with E-state index < -0.39 is 5.97 Å². The van der Waals surface area contributed by atoms with E-state index in [0.717, 1.165) is 12.1 Å². The van der Waals surface area contributed by atoms with Gasteiger partial charge in [0, 0.05) is 56.1 Å². The highest BCUT2D eigenvalue weighted by Crippen LogP contribution is 2.25. The van der Waals surface area contributed by atoms with Gasteiger partial charge in [0.2, 0.25) is 0 Å². The number of fused-ring (bicyclic) bond motifs is 1. The highest BCUT2D eigenvalue weighted by molar-refractivity contribution is 5.93. The number of nitrogens with zero attached hydrogens (tertiary/aromatic N) is 3. The lowest BCUT2D eigenvalue weighted by atomic mass is 10.1. The van der Waals surface area contributed by atoms with Gasteiger partial charge < -0.3 is 18.5 Å². The van der Waals surface area contributed by atoms with Crippen LogP contribution in [0.4, 0.5) is 0 Å². The normalized spacial score (nSPS) is 14.0. The molecule has 8 nitrogen and oxygen atoms in total. The van der Waals surface area contributed by atoms with Crippen LogP contribution in [0, 0.1) is 0 Å². The molecule has 4 heterocycles. The van der Waals surface area contributed by atoms with Gasteiger partial charge in [-0.25, -0.2) is 4.79 Å². The Morgan fingerprint density at radius 1 is 1.23 bits per heavy atom. The van der Waals surface area contributed by atoms with Crippen molar-refractivity contribution in [2.24, 2.45) is 0 Å². The van der Waals surface area contributed by atoms with E-state index in [9.17, 15) is 9.59 Å². The molecule has 0 atom stereocenters. The molecule has 1 aliphatic rings. The number of furan rings is 1. The van der Waals surface area contributed by atoms with Crippen LogP contribution in [0.1, 0.15) is 27.3 Å². The Hall–Kier alpha value is -3.39. The molecular weight excluding hydrogens is 386 g/mol. The van der Waals surface area contributed by atoms with E-state index >= 15 is 0 Å². The Kier molecular flexibility index (Phi) is 5.94. The molecule has 0 aliphatic carbocycles. The monoisotopic (exact) mass is 409 g/mol. The summed E-state index contributed by atoms with van der Waals surface area (Å²) >= 11 is 0. The van der Waals surface area contributed by atoms with Crippen molar-refractivity contribution >= 4 is 5.97 Å². The van der Waals surface area contributed by atoms with Crippen molar-refractivity contribution < 1.29 is 18.7 Å². The molecule has 0 amide bonds. The second-order valence-electron chi connectivity index (χ2n) is 7.08. The van der Waals surface area contributed by atoms with Gasteiger partial charge in [-0.2, -0.15) is 0 Å². The zero-order valence-corrected chi connectivity index (χ0v) is 16.7. The second kappa shape index (κ2) is 8.96. The molecular formula is C22H23N3O5. The molecule has 156 valence electrons. The summed E-state index contributed by atoms with van der Waals surface area (Å²) in [5.74, 6) is -0.287. The first kappa shape index (κ1) is 19.9. The van der Waals surface area contributed by atoms with Crippen LogP contribution < -0.4 is 10.3 Å². The lowest BCUT2D eigenvalue weighted by Gasteiger charge is -2.18. The van der Waals surface area contributed by atoms with Gasteiger partial charge in [-0.05, 0) is 18.2 Å². The van der Waals surface area contributed by atoms with Crippen LogP contribution in [0.25, 0.3) is 0 Å². The molecule has 0 saturated carbocycles. The quantitative estimate of drug-likeness (QED) is 0.577. The summed E-state index contributed by atoms with van der Waals surface area (Å²) in [6.45, 7) is 2.73. The topological polar surface area (TPSA) is 86.8 Å². The molecule has 8 heteroatoms. The van der Waals surface area contributed by atoms with Gasteiger partial charge in [0.25, 0.3) is 5.56 Å². The minimum atomic E-state index is -0.516. The van der Waals surface area contributed by atoms with Crippen molar-refractivity contribution in [3.05, 3.63) is 81.9 Å². The summed E-state index contributed by atoms with van der Waals surface area (Å²) < 4.78 is 17.7. The fraction of sp³-hybridized carbons (Fsp3) is 0.318. The summed E-state index contributed by atoms with van der Waals surface area (Å²) in [4.78, 5) is 31.9. The molecule has 3 aromatic heterocycles. The number of aromatic nitrogens is 2. The van der Waals surface area contributed by atoms with Gasteiger partial charge in [-0.1, -0.05) is 6.07 Å². The Bertz CT molecular complexity index is 1060. The first-order chi connectivity index (χ1) is 14.7. The lowest BCUT2D eigenvalue weighted by Crippen LogP contribution is -2.29. The molecule has 0 aromatic carbocycles. The van der Waals surface area contributed by atoms with Crippen LogP contribution >= 0.6 is 0 Å². The number of methoxy groups -OCH3 is 1. The predicted octanol–water partition coefficient (Wildman–Crippen LogP) is 2.26. The minimum Gasteiger partial charge on any atom is -0.486 e. The molecule has 4 rings (SSSR count). The van der Waals surface area contributed by atoms with Crippen molar-refractivity contribution in [3.63, 3.8) is 0 Å². The molecule has 0 N–H and O–H groups in total. The molecule has 3 aromatic rings. The van der Waals surface area contributed by atoms with Crippen LogP contribution in [0.15, 0.2) is 58.3 Å². The van der Waals surface area contributed by atoms with E-state index in [4.69, 9.17) is 13.9 Å². The minimum absolute atomic E-state index is 0.153. The Morgan fingerprint density at radius 2 is 2.13 bits per heavy atom. The number of pyridine rings is 2. The first-order valence-electron chi connectivity index (χ1n) is 9.77. The average molecular weight is 409 g/mol. The maximum absolute atomic E-state index is 12.8. The highest BCUT2D eigenvalue weighted by atomic mass is 16.5. The van der Waals surface area contributed by atoms with E-state index in [-0.39, 0.29) is 17.9 Å². The predicted molar refractivity (Wildman–Crippen MR) is 108 cm³/mol. The van der Waals surface area contributed by atoms with Crippen LogP contribution in [0.2, 0.25) is 0 Å². The highest BCUT2D eigenvalue weighted by Gasteiger charge is 2.26. The molecule has 0 saturated heterocycles. The van der Waals surface area contributed by atoms with Crippen molar-refractivity contribution in [2.45, 2.75) is 26.1 Å². The average Bonchev–Trinajstić information content (AvgIpc) is 3.19. The molecule has 1 aliphatic heterocycles. The Balaban J connectivity index is 1.63. The van der Waals surface area contributed by atoms with E-state index in [0.29, 0.717) is 43.0 Å². The van der Waals surface area contributed by atoms with Crippen LogP contribution in [-0.2, 0) is 30.9 Å². The number of rotatable bonds is 6.